The normalized spacial score (nSPS) is 12.9. The van der Waals surface area contributed by atoms with E-state index < -0.39 is 8.07 Å². The van der Waals surface area contributed by atoms with Crippen molar-refractivity contribution in [3.63, 3.8) is 0 Å². The van der Waals surface area contributed by atoms with E-state index in [0.717, 1.165) is 16.6 Å². The molecule has 0 aromatic heterocycles. The molecule has 0 aliphatic heterocycles. The van der Waals surface area contributed by atoms with Gasteiger partial charge in [0.1, 0.15) is 0 Å². The van der Waals surface area contributed by atoms with Crippen LogP contribution >= 0.6 is 0 Å². The van der Waals surface area contributed by atoms with Crippen LogP contribution < -0.4 is 5.19 Å². The molecule has 0 heterocycles. The van der Waals surface area contributed by atoms with Crippen LogP contribution in [0.25, 0.3) is 21.5 Å². The first-order valence-electron chi connectivity index (χ1n) is 9.31. The summed E-state index contributed by atoms with van der Waals surface area (Å²) in [5.74, 6) is 0. The van der Waals surface area contributed by atoms with E-state index in [2.05, 4.69) is 96.1 Å². The summed E-state index contributed by atoms with van der Waals surface area (Å²) in [6.07, 6.45) is 0. The molecule has 0 amide bonds. The van der Waals surface area contributed by atoms with Crippen LogP contribution in [0.5, 0.6) is 0 Å². The molecule has 0 radical (unpaired) electrons. The molecule has 3 aromatic carbocycles. The molecule has 24 heavy (non-hydrogen) atoms. The van der Waals surface area contributed by atoms with E-state index in [0.29, 0.717) is 0 Å². The van der Waals surface area contributed by atoms with Crippen LogP contribution in [0.15, 0.2) is 54.6 Å². The zero-order valence-electron chi connectivity index (χ0n) is 15.9. The maximum atomic E-state index is 2.45. The zero-order valence-corrected chi connectivity index (χ0v) is 16.9. The maximum absolute atomic E-state index is 2.45. The third kappa shape index (κ3) is 2.50. The van der Waals surface area contributed by atoms with Crippen molar-refractivity contribution in [1.82, 2.24) is 0 Å². The number of hydrogen-bond acceptors (Lipinski definition) is 0. The van der Waals surface area contributed by atoms with E-state index in [9.17, 15) is 0 Å². The van der Waals surface area contributed by atoms with Crippen molar-refractivity contribution in [2.24, 2.45) is 0 Å². The summed E-state index contributed by atoms with van der Waals surface area (Å²) < 4.78 is 0. The summed E-state index contributed by atoms with van der Waals surface area (Å²) in [6.45, 7) is 14.7. The van der Waals surface area contributed by atoms with Gasteiger partial charge >= 0.3 is 0 Å². The van der Waals surface area contributed by atoms with E-state index in [1.807, 2.05) is 0 Å². The van der Waals surface area contributed by atoms with Crippen LogP contribution in [0.1, 0.15) is 41.5 Å². The van der Waals surface area contributed by atoms with Crippen molar-refractivity contribution < 1.29 is 0 Å². The molecular weight excluding hydrogens is 304 g/mol. The summed E-state index contributed by atoms with van der Waals surface area (Å²) in [5.41, 5.74) is 2.19. The van der Waals surface area contributed by atoms with Crippen molar-refractivity contribution in [2.75, 3.05) is 0 Å². The van der Waals surface area contributed by atoms with Gasteiger partial charge in [0.05, 0.1) is 8.07 Å². The Balaban J connectivity index is 2.41. The molecular formula is C23H30Si. The van der Waals surface area contributed by atoms with Gasteiger partial charge in [0, 0.05) is 0 Å². The molecule has 0 N–H and O–H groups in total. The van der Waals surface area contributed by atoms with Crippen LogP contribution in [-0.4, -0.2) is 8.07 Å². The van der Waals surface area contributed by atoms with Crippen molar-refractivity contribution in [1.29, 1.82) is 0 Å². The third-order valence-electron chi connectivity index (χ3n) is 6.08. The van der Waals surface area contributed by atoms with E-state index >= 15 is 0 Å². The topological polar surface area (TPSA) is 0 Å². The van der Waals surface area contributed by atoms with Gasteiger partial charge in [-0.05, 0) is 50.3 Å². The Bertz CT molecular complexity index is 836. The average molecular weight is 335 g/mol. The molecule has 126 valence electrons. The predicted molar refractivity (Wildman–Crippen MR) is 112 cm³/mol. The smallest absolute Gasteiger partial charge is 0.0648 e. The lowest BCUT2D eigenvalue weighted by atomic mass is 10.0. The van der Waals surface area contributed by atoms with Gasteiger partial charge in [0.2, 0.25) is 0 Å². The highest BCUT2D eigenvalue weighted by molar-refractivity contribution is 6.96. The molecule has 0 unspecified atom stereocenters. The minimum Gasteiger partial charge on any atom is -0.0648 e. The molecule has 0 spiro atoms. The molecule has 0 nitrogen and oxygen atoms in total. The minimum atomic E-state index is -1.66. The van der Waals surface area contributed by atoms with E-state index in [4.69, 9.17) is 0 Å². The fourth-order valence-electron chi connectivity index (χ4n) is 5.28. The monoisotopic (exact) mass is 334 g/mol. The Hall–Kier alpha value is -1.60. The molecule has 3 rings (SSSR count). The molecule has 0 bridgehead atoms. The van der Waals surface area contributed by atoms with Gasteiger partial charge in [-0.15, -0.1) is 0 Å². The fourth-order valence-corrected chi connectivity index (χ4v) is 12.2. The Labute approximate surface area is 147 Å². The average Bonchev–Trinajstić information content (AvgIpc) is 2.52. The summed E-state index contributed by atoms with van der Waals surface area (Å²) >= 11 is 0. The van der Waals surface area contributed by atoms with Gasteiger partial charge in [-0.2, -0.15) is 0 Å². The molecule has 0 saturated heterocycles. The summed E-state index contributed by atoms with van der Waals surface area (Å²) in [4.78, 5) is 0. The molecule has 3 aromatic rings. The molecule has 0 aliphatic carbocycles. The molecule has 0 aliphatic rings. The fraction of sp³-hybridized carbons (Fsp3) is 0.391. The SMILES string of the molecule is CC(C)[Si](c1cccc2cc3ccccc3cc12)(C(C)C)C(C)C. The number of fused-ring (bicyclic) bond motifs is 2. The second kappa shape index (κ2) is 6.37. The molecule has 0 saturated carbocycles. The van der Waals surface area contributed by atoms with Crippen molar-refractivity contribution in [3.8, 4) is 0 Å². The summed E-state index contributed by atoms with van der Waals surface area (Å²) in [5, 5.41) is 7.24. The molecule has 1 heteroatoms. The van der Waals surface area contributed by atoms with Crippen LogP contribution in [0.2, 0.25) is 16.6 Å². The lowest BCUT2D eigenvalue weighted by molar-refractivity contribution is 0.836. The second-order valence-electron chi connectivity index (χ2n) is 8.12. The lowest BCUT2D eigenvalue weighted by Crippen LogP contribution is -2.55. The molecule has 0 fully saturated rings. The van der Waals surface area contributed by atoms with E-state index in [1.54, 1.807) is 5.19 Å². The standard InChI is InChI=1S/C23H30Si/c1-16(2)24(17(3)4,18(5)6)23-13-9-12-21-14-19-10-7-8-11-20(19)15-22(21)23/h7-18H,1-6H3. The van der Waals surface area contributed by atoms with Crippen LogP contribution in [0, 0.1) is 0 Å². The first-order chi connectivity index (χ1) is 11.4. The first kappa shape index (κ1) is 17.2. The van der Waals surface area contributed by atoms with Gasteiger partial charge in [-0.25, -0.2) is 0 Å². The van der Waals surface area contributed by atoms with Crippen molar-refractivity contribution in [2.45, 2.75) is 58.2 Å². The second-order valence-corrected chi connectivity index (χ2v) is 14.0. The van der Waals surface area contributed by atoms with E-state index in [1.165, 1.54) is 21.5 Å². The van der Waals surface area contributed by atoms with Gasteiger partial charge in [0.15, 0.2) is 0 Å². The summed E-state index contributed by atoms with van der Waals surface area (Å²) in [7, 11) is -1.66. The number of hydrogen-bond donors (Lipinski definition) is 0. The largest absolute Gasteiger partial charge is 0.0950 e. The third-order valence-corrected chi connectivity index (χ3v) is 13.2. The van der Waals surface area contributed by atoms with Crippen LogP contribution in [0.3, 0.4) is 0 Å². The highest BCUT2D eigenvalue weighted by Crippen LogP contribution is 2.42. The van der Waals surface area contributed by atoms with Gasteiger partial charge in [-0.3, -0.25) is 0 Å². The van der Waals surface area contributed by atoms with Crippen LogP contribution in [-0.2, 0) is 0 Å². The first-order valence-corrected chi connectivity index (χ1v) is 11.5. The highest BCUT2D eigenvalue weighted by Gasteiger charge is 2.45. The lowest BCUT2D eigenvalue weighted by Gasteiger charge is -2.44. The Kier molecular flexibility index (Phi) is 4.57. The quantitative estimate of drug-likeness (QED) is 0.360. The maximum Gasteiger partial charge on any atom is 0.0950 e. The Morgan fingerprint density at radius 2 is 1.08 bits per heavy atom. The Morgan fingerprint density at radius 3 is 1.62 bits per heavy atom. The van der Waals surface area contributed by atoms with Crippen molar-refractivity contribution >= 4 is 34.8 Å². The Morgan fingerprint density at radius 1 is 0.583 bits per heavy atom. The molecule has 0 atom stereocenters. The van der Waals surface area contributed by atoms with Gasteiger partial charge < -0.3 is 0 Å². The van der Waals surface area contributed by atoms with E-state index in [-0.39, 0.29) is 0 Å². The highest BCUT2D eigenvalue weighted by atomic mass is 28.3. The van der Waals surface area contributed by atoms with Crippen LogP contribution in [0.4, 0.5) is 0 Å². The van der Waals surface area contributed by atoms with Gasteiger partial charge in [-0.1, -0.05) is 89.2 Å². The van der Waals surface area contributed by atoms with Gasteiger partial charge in [0.25, 0.3) is 0 Å². The summed E-state index contributed by atoms with van der Waals surface area (Å²) in [6, 6.07) is 20.6. The minimum absolute atomic E-state index is 0.731. The predicted octanol–water partition coefficient (Wildman–Crippen LogP) is 6.88. The van der Waals surface area contributed by atoms with Crippen molar-refractivity contribution in [3.05, 3.63) is 54.6 Å². The zero-order chi connectivity index (χ0) is 17.5. The number of benzene rings is 3. The number of rotatable bonds is 4.